The van der Waals surface area contributed by atoms with Gasteiger partial charge in [0.05, 0.1) is 4.90 Å². The van der Waals surface area contributed by atoms with Crippen molar-refractivity contribution in [2.45, 2.75) is 36.9 Å². The van der Waals surface area contributed by atoms with Gasteiger partial charge in [0.1, 0.15) is 6.54 Å². The van der Waals surface area contributed by atoms with Gasteiger partial charge >= 0.3 is 6.18 Å². The summed E-state index contributed by atoms with van der Waals surface area (Å²) in [6.07, 6.45) is -4.24. The average Bonchev–Trinajstić information content (AvgIpc) is 2.52. The molecule has 140 valence electrons. The van der Waals surface area contributed by atoms with Gasteiger partial charge in [-0.2, -0.15) is 17.5 Å². The molecule has 0 atom stereocenters. The third-order valence-corrected chi connectivity index (χ3v) is 5.63. The first kappa shape index (κ1) is 19.7. The number of hydrogen-bond acceptors (Lipinski definition) is 4. The molecular weight excluding hydrogens is 361 g/mol. The molecule has 1 aromatic carbocycles. The molecular formula is C15H19F3N2O4S. The fraction of sp³-hybridized carbons (Fsp3) is 0.533. The maximum Gasteiger partial charge on any atom is 0.402 e. The lowest BCUT2D eigenvalue weighted by atomic mass is 10.1. The number of hydrogen-bond donors (Lipinski definition) is 1. The highest BCUT2D eigenvalue weighted by molar-refractivity contribution is 7.89. The molecule has 0 unspecified atom stereocenters. The number of nitrogens with one attached hydrogen (secondary N) is 1. The molecule has 25 heavy (non-hydrogen) atoms. The van der Waals surface area contributed by atoms with Crippen molar-refractivity contribution < 1.29 is 31.1 Å². The summed E-state index contributed by atoms with van der Waals surface area (Å²) < 4.78 is 69.9. The summed E-state index contributed by atoms with van der Waals surface area (Å²) in [5, 5.41) is 2.47. The fourth-order valence-electron chi connectivity index (χ4n) is 2.61. The second-order valence-electron chi connectivity index (χ2n) is 5.71. The molecule has 6 nitrogen and oxygen atoms in total. The van der Waals surface area contributed by atoms with Gasteiger partial charge in [-0.15, -0.1) is 0 Å². The number of anilines is 1. The van der Waals surface area contributed by atoms with Crippen molar-refractivity contribution in [1.82, 2.24) is 4.31 Å². The van der Waals surface area contributed by atoms with Crippen LogP contribution >= 0.6 is 0 Å². The lowest BCUT2D eigenvalue weighted by Gasteiger charge is -2.33. The number of alkyl halides is 3. The molecule has 1 N–H and O–H groups in total. The van der Waals surface area contributed by atoms with Gasteiger partial charge in [0.25, 0.3) is 0 Å². The summed E-state index contributed by atoms with van der Waals surface area (Å²) >= 11 is 0. The van der Waals surface area contributed by atoms with Crippen LogP contribution in [0.15, 0.2) is 29.2 Å². The van der Waals surface area contributed by atoms with Gasteiger partial charge < -0.3 is 10.1 Å². The van der Waals surface area contributed by atoms with Crippen LogP contribution in [0.4, 0.5) is 18.9 Å². The summed E-state index contributed by atoms with van der Waals surface area (Å²) in [5.74, 6) is -0.337. The Morgan fingerprint density at radius 1 is 1.24 bits per heavy atom. The van der Waals surface area contributed by atoms with Gasteiger partial charge in [0.15, 0.2) is 0 Å². The van der Waals surface area contributed by atoms with Crippen molar-refractivity contribution in [2.75, 3.05) is 25.1 Å². The number of ether oxygens (including phenoxy) is 1. The van der Waals surface area contributed by atoms with Crippen molar-refractivity contribution >= 4 is 21.6 Å². The third-order valence-electron chi connectivity index (χ3n) is 3.71. The highest BCUT2D eigenvalue weighted by atomic mass is 32.2. The van der Waals surface area contributed by atoms with Crippen molar-refractivity contribution in [3.8, 4) is 0 Å². The van der Waals surface area contributed by atoms with Gasteiger partial charge in [-0.05, 0) is 37.1 Å². The zero-order valence-electron chi connectivity index (χ0n) is 13.5. The fourth-order valence-corrected chi connectivity index (χ4v) is 4.28. The molecule has 1 fully saturated rings. The maximum atomic E-state index is 12.9. The Morgan fingerprint density at radius 2 is 1.80 bits per heavy atom. The Hall–Kier alpha value is -1.65. The molecule has 1 heterocycles. The van der Waals surface area contributed by atoms with Gasteiger partial charge in [-0.1, -0.05) is 0 Å². The summed E-state index contributed by atoms with van der Waals surface area (Å²) in [7, 11) is -4.33. The first-order valence-corrected chi connectivity index (χ1v) is 9.07. The SMILES string of the molecule is CC(=O)Nc1ccc(S(=O)(=O)N(CC(F)(F)F)C2CCOCC2)cc1. The van der Waals surface area contributed by atoms with Crippen LogP contribution in [0.5, 0.6) is 0 Å². The number of amides is 1. The topological polar surface area (TPSA) is 75.7 Å². The molecule has 0 aromatic heterocycles. The number of carbonyl (C=O) groups excluding carboxylic acids is 1. The molecule has 0 radical (unpaired) electrons. The second-order valence-corrected chi connectivity index (χ2v) is 7.61. The molecule has 0 bridgehead atoms. The largest absolute Gasteiger partial charge is 0.402 e. The van der Waals surface area contributed by atoms with E-state index >= 15 is 0 Å². The molecule has 0 aliphatic carbocycles. The minimum Gasteiger partial charge on any atom is -0.381 e. The molecule has 1 aliphatic rings. The highest BCUT2D eigenvalue weighted by Crippen LogP contribution is 2.28. The van der Waals surface area contributed by atoms with Crippen molar-refractivity contribution in [1.29, 1.82) is 0 Å². The van der Waals surface area contributed by atoms with Gasteiger partial charge in [-0.25, -0.2) is 8.42 Å². The number of nitrogens with zero attached hydrogens (tertiary/aromatic N) is 1. The van der Waals surface area contributed by atoms with E-state index < -0.39 is 28.8 Å². The van der Waals surface area contributed by atoms with E-state index in [1.165, 1.54) is 31.2 Å². The van der Waals surface area contributed by atoms with Gasteiger partial charge in [0, 0.05) is 31.9 Å². The van der Waals surface area contributed by atoms with Crippen LogP contribution in [0.25, 0.3) is 0 Å². The van der Waals surface area contributed by atoms with E-state index in [1.807, 2.05) is 0 Å². The summed E-state index contributed by atoms with van der Waals surface area (Å²) in [5.41, 5.74) is 0.361. The monoisotopic (exact) mass is 380 g/mol. The van der Waals surface area contributed by atoms with E-state index in [2.05, 4.69) is 5.32 Å². The van der Waals surface area contributed by atoms with Crippen molar-refractivity contribution in [2.24, 2.45) is 0 Å². The van der Waals surface area contributed by atoms with E-state index in [0.29, 0.717) is 9.99 Å². The molecule has 0 spiro atoms. The van der Waals surface area contributed by atoms with E-state index in [-0.39, 0.29) is 36.9 Å². The Kier molecular flexibility index (Phi) is 6.07. The molecule has 1 amide bonds. The number of sulfonamides is 1. The number of benzene rings is 1. The lowest BCUT2D eigenvalue weighted by Crippen LogP contribution is -2.47. The van der Waals surface area contributed by atoms with Crippen molar-refractivity contribution in [3.63, 3.8) is 0 Å². The first-order valence-electron chi connectivity index (χ1n) is 7.63. The average molecular weight is 380 g/mol. The standard InChI is InChI=1S/C15H19F3N2O4S/c1-11(21)19-12-2-4-14(5-3-12)25(22,23)20(10-15(16,17)18)13-6-8-24-9-7-13/h2-5,13H,6-10H2,1H3,(H,19,21). The second kappa shape index (κ2) is 7.71. The molecule has 1 aliphatic heterocycles. The lowest BCUT2D eigenvalue weighted by molar-refractivity contribution is -0.141. The number of halogens is 3. The Balaban J connectivity index is 2.31. The smallest absolute Gasteiger partial charge is 0.381 e. The van der Waals surface area contributed by atoms with Crippen molar-refractivity contribution in [3.05, 3.63) is 24.3 Å². The first-order chi connectivity index (χ1) is 11.6. The van der Waals surface area contributed by atoms with Gasteiger partial charge in [-0.3, -0.25) is 4.79 Å². The maximum absolute atomic E-state index is 12.9. The summed E-state index contributed by atoms with van der Waals surface area (Å²) in [6.45, 7) is 0.181. The normalized spacial score (nSPS) is 16.8. The number of rotatable bonds is 5. The molecule has 1 aromatic rings. The minimum atomic E-state index is -4.65. The summed E-state index contributed by atoms with van der Waals surface area (Å²) in [4.78, 5) is 10.7. The van der Waals surface area contributed by atoms with Crippen LogP contribution in [0, 0.1) is 0 Å². The van der Waals surface area contributed by atoms with Crippen LogP contribution < -0.4 is 5.32 Å². The van der Waals surface area contributed by atoms with E-state index in [0.717, 1.165) is 0 Å². The Labute approximate surface area is 144 Å². The van der Waals surface area contributed by atoms with Gasteiger partial charge in [0.2, 0.25) is 15.9 Å². The molecule has 10 heteroatoms. The quantitative estimate of drug-likeness (QED) is 0.851. The van der Waals surface area contributed by atoms with Crippen LogP contribution in [0.1, 0.15) is 19.8 Å². The van der Waals surface area contributed by atoms with E-state index in [4.69, 9.17) is 4.74 Å². The van der Waals surface area contributed by atoms with Crippen LogP contribution in [0.2, 0.25) is 0 Å². The number of carbonyl (C=O) groups is 1. The third kappa shape index (κ3) is 5.41. The van der Waals surface area contributed by atoms with Crippen LogP contribution in [-0.4, -0.2) is 50.6 Å². The predicted octanol–water partition coefficient (Wildman–Crippen LogP) is 2.38. The Bertz CT molecular complexity index is 698. The summed E-state index contributed by atoms with van der Waals surface area (Å²) in [6, 6.07) is 4.27. The molecule has 0 saturated carbocycles. The zero-order chi connectivity index (χ0) is 18.7. The van der Waals surface area contributed by atoms with E-state index in [1.54, 1.807) is 0 Å². The predicted molar refractivity (Wildman–Crippen MR) is 84.5 cm³/mol. The van der Waals surface area contributed by atoms with Crippen LogP contribution in [-0.2, 0) is 19.6 Å². The molecule has 2 rings (SSSR count). The van der Waals surface area contributed by atoms with Crippen LogP contribution in [0.3, 0.4) is 0 Å². The molecule has 1 saturated heterocycles. The highest BCUT2D eigenvalue weighted by Gasteiger charge is 2.41. The Morgan fingerprint density at radius 3 is 2.28 bits per heavy atom. The van der Waals surface area contributed by atoms with E-state index in [9.17, 15) is 26.4 Å². The minimum absolute atomic E-state index is 0.208. The zero-order valence-corrected chi connectivity index (χ0v) is 14.4.